The molecule has 4 aromatic rings. The second kappa shape index (κ2) is 10.1. The molecule has 200 valence electrons. The third-order valence-corrected chi connectivity index (χ3v) is 8.05. The number of carbonyl (C=O) groups excluding carboxylic acids is 3. The van der Waals surface area contributed by atoms with Crippen LogP contribution in [0.5, 0.6) is 0 Å². The average Bonchev–Trinajstić information content (AvgIpc) is 3.56. The second-order valence-corrected chi connectivity index (χ2v) is 10.3. The molecule has 9 nitrogen and oxygen atoms in total. The summed E-state index contributed by atoms with van der Waals surface area (Å²) in [6.45, 7) is 9.28. The van der Waals surface area contributed by atoms with Crippen molar-refractivity contribution < 1.29 is 24.2 Å². The highest BCUT2D eigenvalue weighted by Crippen LogP contribution is 2.44. The van der Waals surface area contributed by atoms with Crippen molar-refractivity contribution in [3.63, 3.8) is 0 Å². The molecule has 39 heavy (non-hydrogen) atoms. The minimum absolute atomic E-state index is 0.0843. The number of aliphatic hydroxyl groups excluding tert-OH is 1. The zero-order chi connectivity index (χ0) is 28.0. The Balaban J connectivity index is 1.73. The number of carbonyl (C=O) groups is 3. The Labute approximate surface area is 229 Å². The van der Waals surface area contributed by atoms with Gasteiger partial charge in [0.2, 0.25) is 0 Å². The van der Waals surface area contributed by atoms with E-state index >= 15 is 0 Å². The van der Waals surface area contributed by atoms with Crippen molar-refractivity contribution in [3.05, 3.63) is 86.8 Å². The molecule has 1 amide bonds. The van der Waals surface area contributed by atoms with Crippen LogP contribution in [0.15, 0.2) is 48.2 Å². The smallest absolute Gasteiger partial charge is 0.350 e. The number of ketones is 1. The van der Waals surface area contributed by atoms with Crippen LogP contribution in [0.3, 0.4) is 0 Å². The minimum atomic E-state index is -0.971. The number of amides is 1. The maximum Gasteiger partial charge on any atom is 0.350 e. The molecule has 3 aromatic heterocycles. The first-order valence-electron chi connectivity index (χ1n) is 12.7. The molecule has 1 unspecified atom stereocenters. The standard InChI is InChI=1S/C29H28N4O5S/c1-6-18-10-12-19(13-11-18)22-20(23(34)21-17(5)32-14-8-9-15(3)26(32)31-21)24(35)27(36)33(22)29-30-16(4)25(39-29)28(37)38-7-2/h8-14,22,34H,6-7H2,1-5H3. The van der Waals surface area contributed by atoms with Crippen LogP contribution in [0.25, 0.3) is 11.4 Å². The van der Waals surface area contributed by atoms with E-state index in [9.17, 15) is 19.5 Å². The molecule has 1 saturated heterocycles. The van der Waals surface area contributed by atoms with Crippen LogP contribution in [-0.4, -0.2) is 43.7 Å². The predicted molar refractivity (Wildman–Crippen MR) is 148 cm³/mol. The molecule has 0 spiro atoms. The highest BCUT2D eigenvalue weighted by molar-refractivity contribution is 7.17. The molecular weight excluding hydrogens is 516 g/mol. The molecule has 0 saturated carbocycles. The number of nitrogens with zero attached hydrogens (tertiary/aromatic N) is 4. The van der Waals surface area contributed by atoms with E-state index in [0.29, 0.717) is 22.6 Å². The van der Waals surface area contributed by atoms with Gasteiger partial charge in [-0.05, 0) is 56.9 Å². The molecule has 0 bridgehead atoms. The number of benzene rings is 1. The van der Waals surface area contributed by atoms with Gasteiger partial charge in [0, 0.05) is 6.20 Å². The number of aliphatic hydroxyl groups is 1. The molecule has 5 rings (SSSR count). The summed E-state index contributed by atoms with van der Waals surface area (Å²) in [5, 5.41) is 11.8. The van der Waals surface area contributed by atoms with E-state index in [0.717, 1.165) is 28.9 Å². The quantitative estimate of drug-likeness (QED) is 0.156. The van der Waals surface area contributed by atoms with Crippen LogP contribution < -0.4 is 4.90 Å². The number of aryl methyl sites for hydroxylation is 4. The molecule has 0 aliphatic carbocycles. The number of pyridine rings is 1. The predicted octanol–water partition coefficient (Wildman–Crippen LogP) is 5.08. The van der Waals surface area contributed by atoms with Crippen molar-refractivity contribution >= 4 is 45.5 Å². The molecule has 10 heteroatoms. The number of hydrogen-bond donors (Lipinski definition) is 1. The van der Waals surface area contributed by atoms with E-state index in [4.69, 9.17) is 4.74 Å². The number of rotatable bonds is 6. The fourth-order valence-electron chi connectivity index (χ4n) is 4.83. The lowest BCUT2D eigenvalue weighted by Gasteiger charge is -2.23. The van der Waals surface area contributed by atoms with Crippen LogP contribution >= 0.6 is 11.3 Å². The van der Waals surface area contributed by atoms with Crippen LogP contribution in [0.4, 0.5) is 5.13 Å². The number of imidazole rings is 1. The molecule has 1 aromatic carbocycles. The molecule has 1 fully saturated rings. The normalized spacial score (nSPS) is 16.8. The number of aromatic nitrogens is 3. The Hall–Kier alpha value is -4.31. The lowest BCUT2D eigenvalue weighted by atomic mass is 9.95. The van der Waals surface area contributed by atoms with Crippen molar-refractivity contribution in [1.82, 2.24) is 14.4 Å². The Morgan fingerprint density at radius 1 is 1.08 bits per heavy atom. The van der Waals surface area contributed by atoms with Crippen LogP contribution in [0, 0.1) is 20.8 Å². The first kappa shape index (κ1) is 26.3. The molecule has 1 aliphatic rings. The summed E-state index contributed by atoms with van der Waals surface area (Å²) in [5.41, 5.74) is 4.40. The van der Waals surface area contributed by atoms with Gasteiger partial charge in [0.15, 0.2) is 10.9 Å². The van der Waals surface area contributed by atoms with Gasteiger partial charge in [-0.15, -0.1) is 0 Å². The summed E-state index contributed by atoms with van der Waals surface area (Å²) in [6.07, 6.45) is 2.64. The van der Waals surface area contributed by atoms with E-state index in [1.807, 2.05) is 60.8 Å². The van der Waals surface area contributed by atoms with Gasteiger partial charge in [-0.3, -0.25) is 14.5 Å². The number of Topliss-reactive ketones (excluding diaryl/α,β-unsaturated/α-hetero) is 1. The van der Waals surface area contributed by atoms with Gasteiger partial charge < -0.3 is 14.2 Å². The molecular formula is C29H28N4O5S. The number of esters is 1. The maximum absolute atomic E-state index is 13.6. The monoisotopic (exact) mass is 544 g/mol. The first-order chi connectivity index (χ1) is 18.7. The van der Waals surface area contributed by atoms with Crippen LogP contribution in [0.1, 0.15) is 63.3 Å². The SMILES string of the molecule is CCOC(=O)c1sc(N2C(=O)C(=O)C(=C(O)c3nc4c(C)cccn4c3C)C2c2ccc(CC)cc2)nc1C. The summed E-state index contributed by atoms with van der Waals surface area (Å²) in [5.74, 6) is -2.60. The second-order valence-electron chi connectivity index (χ2n) is 9.33. The van der Waals surface area contributed by atoms with Gasteiger partial charge in [-0.25, -0.2) is 14.8 Å². The minimum Gasteiger partial charge on any atom is -0.505 e. The lowest BCUT2D eigenvalue weighted by Crippen LogP contribution is -2.29. The van der Waals surface area contributed by atoms with Crippen molar-refractivity contribution in [1.29, 1.82) is 0 Å². The molecule has 1 atom stereocenters. The highest BCUT2D eigenvalue weighted by atomic mass is 32.1. The maximum atomic E-state index is 13.6. The third-order valence-electron chi connectivity index (χ3n) is 6.91. The number of fused-ring (bicyclic) bond motifs is 1. The van der Waals surface area contributed by atoms with E-state index in [2.05, 4.69) is 9.97 Å². The lowest BCUT2D eigenvalue weighted by molar-refractivity contribution is -0.132. The molecule has 1 aliphatic heterocycles. The number of thiazole rings is 1. The Morgan fingerprint density at radius 2 is 1.79 bits per heavy atom. The van der Waals surface area contributed by atoms with E-state index < -0.39 is 23.7 Å². The van der Waals surface area contributed by atoms with Gasteiger partial charge in [-0.1, -0.05) is 48.6 Å². The Morgan fingerprint density at radius 3 is 2.44 bits per heavy atom. The molecule has 4 heterocycles. The van der Waals surface area contributed by atoms with Gasteiger partial charge in [-0.2, -0.15) is 0 Å². The zero-order valence-electron chi connectivity index (χ0n) is 22.3. The highest BCUT2D eigenvalue weighted by Gasteiger charge is 2.49. The number of anilines is 1. The van der Waals surface area contributed by atoms with Crippen LogP contribution in [-0.2, 0) is 20.7 Å². The van der Waals surface area contributed by atoms with Crippen molar-refractivity contribution in [2.75, 3.05) is 11.5 Å². The van der Waals surface area contributed by atoms with Gasteiger partial charge in [0.25, 0.3) is 5.78 Å². The largest absolute Gasteiger partial charge is 0.505 e. The summed E-state index contributed by atoms with van der Waals surface area (Å²) in [4.78, 5) is 50.2. The average molecular weight is 545 g/mol. The van der Waals surface area contributed by atoms with E-state index in [1.165, 1.54) is 4.90 Å². The van der Waals surface area contributed by atoms with E-state index in [1.54, 1.807) is 20.8 Å². The molecule has 0 radical (unpaired) electrons. The number of hydrogen-bond acceptors (Lipinski definition) is 8. The topological polar surface area (TPSA) is 114 Å². The fraction of sp³-hybridized carbons (Fsp3) is 0.276. The Bertz CT molecular complexity index is 1660. The third kappa shape index (κ3) is 4.30. The number of ether oxygens (including phenoxy) is 1. The van der Waals surface area contributed by atoms with Crippen molar-refractivity contribution in [2.45, 2.75) is 47.1 Å². The van der Waals surface area contributed by atoms with Crippen molar-refractivity contribution in [3.8, 4) is 0 Å². The van der Waals surface area contributed by atoms with E-state index in [-0.39, 0.29) is 33.6 Å². The van der Waals surface area contributed by atoms with Gasteiger partial charge in [0.05, 0.1) is 29.6 Å². The fourth-order valence-corrected chi connectivity index (χ4v) is 5.81. The summed E-state index contributed by atoms with van der Waals surface area (Å²) < 4.78 is 6.97. The summed E-state index contributed by atoms with van der Waals surface area (Å²) in [7, 11) is 0. The van der Waals surface area contributed by atoms with Gasteiger partial charge >= 0.3 is 11.9 Å². The summed E-state index contributed by atoms with van der Waals surface area (Å²) in [6, 6.07) is 10.3. The zero-order valence-corrected chi connectivity index (χ0v) is 23.1. The first-order valence-corrected chi connectivity index (χ1v) is 13.5. The van der Waals surface area contributed by atoms with Crippen molar-refractivity contribution in [2.24, 2.45) is 0 Å². The van der Waals surface area contributed by atoms with Gasteiger partial charge in [0.1, 0.15) is 16.2 Å². The van der Waals surface area contributed by atoms with Crippen LogP contribution in [0.2, 0.25) is 0 Å². The Kier molecular flexibility index (Phi) is 6.82. The molecule has 1 N–H and O–H groups in total. The summed E-state index contributed by atoms with van der Waals surface area (Å²) >= 11 is 0.978.